The van der Waals surface area contributed by atoms with Crippen molar-refractivity contribution in [1.29, 1.82) is 0 Å². The largest absolute Gasteiger partial charge is 0.467 e. The van der Waals surface area contributed by atoms with Gasteiger partial charge in [-0.25, -0.2) is 9.59 Å². The Morgan fingerprint density at radius 2 is 1.80 bits per heavy atom. The standard InChI is InChI=1S/C21H23N3O5S/c1-21(2,3)23-17-15(18(26)28-4)16(19(27)29-5)24-13(12-9-7-6-8-10-12)11-14(25)22-20(24)30-17/h6-11,16,23H,1-5H3. The molecule has 1 unspecified atom stereocenters. The van der Waals surface area contributed by atoms with Crippen LogP contribution in [-0.2, 0) is 19.1 Å². The van der Waals surface area contributed by atoms with Crippen LogP contribution in [0.15, 0.2) is 57.0 Å². The Hall–Kier alpha value is -3.07. The Balaban J connectivity index is 2.35. The maximum Gasteiger partial charge on any atom is 0.339 e. The first-order chi connectivity index (χ1) is 14.2. The van der Waals surface area contributed by atoms with Gasteiger partial charge in [0.2, 0.25) is 0 Å². The maximum atomic E-state index is 12.9. The minimum absolute atomic E-state index is 0.0967. The number of nitrogens with one attached hydrogen (secondary N) is 1. The van der Waals surface area contributed by atoms with Gasteiger partial charge in [0.25, 0.3) is 5.56 Å². The van der Waals surface area contributed by atoms with Crippen molar-refractivity contribution in [3.05, 3.63) is 57.4 Å². The van der Waals surface area contributed by atoms with Gasteiger partial charge in [0.1, 0.15) is 5.57 Å². The summed E-state index contributed by atoms with van der Waals surface area (Å²) in [5.74, 6) is -1.35. The van der Waals surface area contributed by atoms with Crippen LogP contribution in [0.1, 0.15) is 26.8 Å². The molecule has 0 radical (unpaired) electrons. The minimum atomic E-state index is -1.17. The molecule has 1 atom stereocenters. The van der Waals surface area contributed by atoms with Gasteiger partial charge in [0, 0.05) is 11.6 Å². The van der Waals surface area contributed by atoms with Crippen LogP contribution in [0.3, 0.4) is 0 Å². The number of methoxy groups -OCH3 is 2. The van der Waals surface area contributed by atoms with E-state index in [1.165, 1.54) is 20.3 Å². The highest BCUT2D eigenvalue weighted by Crippen LogP contribution is 2.42. The zero-order valence-electron chi connectivity index (χ0n) is 17.4. The number of hydrogen-bond donors (Lipinski definition) is 1. The fraction of sp³-hybridized carbons (Fsp3) is 0.333. The Morgan fingerprint density at radius 1 is 1.13 bits per heavy atom. The quantitative estimate of drug-likeness (QED) is 0.585. The molecule has 0 bridgehead atoms. The summed E-state index contributed by atoms with van der Waals surface area (Å²) in [6, 6.07) is 9.27. The van der Waals surface area contributed by atoms with Crippen molar-refractivity contribution >= 4 is 23.7 Å². The molecule has 3 rings (SSSR count). The van der Waals surface area contributed by atoms with Gasteiger partial charge in [0.05, 0.1) is 24.9 Å². The molecule has 0 fully saturated rings. The van der Waals surface area contributed by atoms with Crippen LogP contribution >= 0.6 is 11.8 Å². The lowest BCUT2D eigenvalue weighted by molar-refractivity contribution is -0.147. The summed E-state index contributed by atoms with van der Waals surface area (Å²) >= 11 is 1.10. The smallest absolute Gasteiger partial charge is 0.339 e. The van der Waals surface area contributed by atoms with Crippen LogP contribution in [0.4, 0.5) is 0 Å². The third kappa shape index (κ3) is 4.25. The highest BCUT2D eigenvalue weighted by Gasteiger charge is 2.41. The molecule has 1 aromatic carbocycles. The van der Waals surface area contributed by atoms with Gasteiger partial charge in [-0.1, -0.05) is 30.3 Å². The third-order valence-corrected chi connectivity index (χ3v) is 5.29. The van der Waals surface area contributed by atoms with Crippen molar-refractivity contribution in [2.45, 2.75) is 37.5 Å². The number of benzene rings is 1. The van der Waals surface area contributed by atoms with Gasteiger partial charge < -0.3 is 19.4 Å². The molecule has 0 amide bonds. The maximum absolute atomic E-state index is 12.9. The molecule has 2 aromatic rings. The zero-order valence-corrected chi connectivity index (χ0v) is 18.2. The number of carbonyl (C=O) groups excluding carboxylic acids is 2. The second-order valence-electron chi connectivity index (χ2n) is 7.64. The van der Waals surface area contributed by atoms with Crippen LogP contribution in [-0.4, -0.2) is 41.2 Å². The molecule has 8 nitrogen and oxygen atoms in total. The summed E-state index contributed by atoms with van der Waals surface area (Å²) in [5, 5.41) is 3.90. The van der Waals surface area contributed by atoms with E-state index in [1.54, 1.807) is 4.57 Å². The fourth-order valence-corrected chi connectivity index (χ4v) is 4.39. The van der Waals surface area contributed by atoms with E-state index >= 15 is 0 Å². The number of esters is 2. The summed E-state index contributed by atoms with van der Waals surface area (Å²) in [5.41, 5.74) is 0.364. The molecular formula is C21H23N3O5S. The molecule has 1 aliphatic rings. The summed E-state index contributed by atoms with van der Waals surface area (Å²) < 4.78 is 11.6. The van der Waals surface area contributed by atoms with Gasteiger partial charge in [-0.2, -0.15) is 4.98 Å². The van der Waals surface area contributed by atoms with Crippen molar-refractivity contribution in [2.75, 3.05) is 14.2 Å². The lowest BCUT2D eigenvalue weighted by atomic mass is 10.0. The Labute approximate surface area is 178 Å². The highest BCUT2D eigenvalue weighted by atomic mass is 32.2. The number of rotatable bonds is 4. The first-order valence-electron chi connectivity index (χ1n) is 9.21. The van der Waals surface area contributed by atoms with Gasteiger partial charge in [-0.3, -0.25) is 4.79 Å². The minimum Gasteiger partial charge on any atom is -0.467 e. The monoisotopic (exact) mass is 429 g/mol. The van der Waals surface area contributed by atoms with E-state index in [0.717, 1.165) is 11.8 Å². The van der Waals surface area contributed by atoms with E-state index < -0.39 is 29.1 Å². The van der Waals surface area contributed by atoms with E-state index in [2.05, 4.69) is 10.3 Å². The van der Waals surface area contributed by atoms with Gasteiger partial charge in [0.15, 0.2) is 11.2 Å². The topological polar surface area (TPSA) is 99.5 Å². The molecular weight excluding hydrogens is 406 g/mol. The Bertz CT molecular complexity index is 1070. The third-order valence-electron chi connectivity index (χ3n) is 4.29. The molecule has 1 aromatic heterocycles. The van der Waals surface area contributed by atoms with E-state index in [-0.39, 0.29) is 10.7 Å². The molecule has 1 N–H and O–H groups in total. The highest BCUT2D eigenvalue weighted by molar-refractivity contribution is 8.03. The Kier molecular flexibility index (Phi) is 6.02. The number of aromatic nitrogens is 2. The van der Waals surface area contributed by atoms with E-state index in [4.69, 9.17) is 9.47 Å². The predicted molar refractivity (Wildman–Crippen MR) is 113 cm³/mol. The van der Waals surface area contributed by atoms with Crippen LogP contribution in [0, 0.1) is 0 Å². The summed E-state index contributed by atoms with van der Waals surface area (Å²) in [6.07, 6.45) is 0. The average Bonchev–Trinajstić information content (AvgIpc) is 2.70. The van der Waals surface area contributed by atoms with Crippen molar-refractivity contribution in [1.82, 2.24) is 14.9 Å². The summed E-state index contributed by atoms with van der Waals surface area (Å²) in [7, 11) is 2.49. The molecule has 0 saturated heterocycles. The van der Waals surface area contributed by atoms with Crippen LogP contribution in [0.2, 0.25) is 0 Å². The van der Waals surface area contributed by atoms with Gasteiger partial charge in [-0.05, 0) is 38.1 Å². The number of fused-ring (bicyclic) bond motifs is 1. The summed E-state index contributed by atoms with van der Waals surface area (Å²) in [6.45, 7) is 5.74. The van der Waals surface area contributed by atoms with Crippen molar-refractivity contribution < 1.29 is 19.1 Å². The molecule has 0 saturated carbocycles. The molecule has 2 heterocycles. The number of carbonyl (C=O) groups is 2. The molecule has 0 spiro atoms. The van der Waals surface area contributed by atoms with Crippen LogP contribution in [0.25, 0.3) is 11.3 Å². The van der Waals surface area contributed by atoms with Crippen LogP contribution < -0.4 is 10.9 Å². The van der Waals surface area contributed by atoms with E-state index in [1.807, 2.05) is 51.1 Å². The number of hydrogen-bond acceptors (Lipinski definition) is 8. The number of nitrogens with zero attached hydrogens (tertiary/aromatic N) is 2. The Morgan fingerprint density at radius 3 is 2.37 bits per heavy atom. The fourth-order valence-electron chi connectivity index (χ4n) is 3.10. The number of ether oxygens (including phenoxy) is 2. The first-order valence-corrected chi connectivity index (χ1v) is 10.0. The van der Waals surface area contributed by atoms with Crippen molar-refractivity contribution in [3.8, 4) is 11.3 Å². The molecule has 30 heavy (non-hydrogen) atoms. The van der Waals surface area contributed by atoms with E-state index in [9.17, 15) is 14.4 Å². The lowest BCUT2D eigenvalue weighted by Crippen LogP contribution is -2.41. The van der Waals surface area contributed by atoms with E-state index in [0.29, 0.717) is 16.3 Å². The van der Waals surface area contributed by atoms with Crippen LogP contribution in [0.5, 0.6) is 0 Å². The average molecular weight is 429 g/mol. The zero-order chi connectivity index (χ0) is 22.1. The van der Waals surface area contributed by atoms with Crippen molar-refractivity contribution in [3.63, 3.8) is 0 Å². The predicted octanol–water partition coefficient (Wildman–Crippen LogP) is 2.50. The SMILES string of the molecule is COC(=O)C1=C(NC(C)(C)C)Sc2nc(=O)cc(-c3ccccc3)n2C1C(=O)OC. The molecule has 1 aliphatic heterocycles. The normalized spacial score (nSPS) is 16.0. The second-order valence-corrected chi connectivity index (χ2v) is 8.61. The van der Waals surface area contributed by atoms with Crippen molar-refractivity contribution in [2.24, 2.45) is 0 Å². The van der Waals surface area contributed by atoms with Gasteiger partial charge >= 0.3 is 11.9 Å². The summed E-state index contributed by atoms with van der Waals surface area (Å²) in [4.78, 5) is 42.2. The molecule has 158 valence electrons. The second kappa shape index (κ2) is 8.35. The first kappa shape index (κ1) is 21.6. The number of thioether (sulfide) groups is 1. The van der Waals surface area contributed by atoms with Gasteiger partial charge in [-0.15, -0.1) is 0 Å². The molecule has 0 aliphatic carbocycles. The molecule has 9 heteroatoms. The lowest BCUT2D eigenvalue weighted by Gasteiger charge is -2.33.